The third-order valence-corrected chi connectivity index (χ3v) is 6.20. The average Bonchev–Trinajstić information content (AvgIpc) is 3.39. The second-order valence-electron chi connectivity index (χ2n) is 9.78. The molecule has 0 unspecified atom stereocenters. The maximum atomic E-state index is 12.0. The molecule has 0 saturated carbocycles. The van der Waals surface area contributed by atoms with E-state index in [0.717, 1.165) is 5.69 Å². The van der Waals surface area contributed by atoms with E-state index in [1.165, 1.54) is 17.3 Å². The van der Waals surface area contributed by atoms with Gasteiger partial charge in [-0.05, 0) is 6.07 Å². The van der Waals surface area contributed by atoms with Gasteiger partial charge >= 0.3 is 6.03 Å². The average molecular weight is 517 g/mol. The Morgan fingerprint density at radius 1 is 1.26 bits per heavy atom. The normalized spacial score (nSPS) is 14.3. The van der Waals surface area contributed by atoms with Crippen molar-refractivity contribution in [3.63, 3.8) is 0 Å². The number of carbonyl (C=O) groups excluding carboxylic acids is 1. The summed E-state index contributed by atoms with van der Waals surface area (Å²) in [6.07, 6.45) is 2.96. The van der Waals surface area contributed by atoms with Crippen molar-refractivity contribution in [1.29, 1.82) is 5.26 Å². The summed E-state index contributed by atoms with van der Waals surface area (Å²) in [5.74, 6) is 2.09. The molecule has 2 N–H and O–H groups in total. The number of hydrogen-bond acceptors (Lipinski definition) is 9. The first-order chi connectivity index (χ1) is 18.2. The Balaban J connectivity index is 1.44. The van der Waals surface area contributed by atoms with Crippen LogP contribution in [0.2, 0.25) is 0 Å². The van der Waals surface area contributed by atoms with Crippen molar-refractivity contribution >= 4 is 34.8 Å². The van der Waals surface area contributed by atoms with Crippen molar-refractivity contribution < 1.29 is 14.3 Å². The third-order valence-electron chi connectivity index (χ3n) is 6.20. The van der Waals surface area contributed by atoms with Gasteiger partial charge in [-0.1, -0.05) is 13.8 Å². The second kappa shape index (κ2) is 9.64. The van der Waals surface area contributed by atoms with E-state index in [4.69, 9.17) is 14.6 Å². The molecule has 38 heavy (non-hydrogen) atoms. The summed E-state index contributed by atoms with van der Waals surface area (Å²) in [5, 5.41) is 20.7. The molecule has 13 nitrogen and oxygen atoms in total. The SMILES string of the molecule is CN(C)C(=O)Nc1cc(Oc2cnc3nc(Nc4cc5n(n4)CCOCC5(C)C)n(C)c3c2C#N)ccn1. The zero-order chi connectivity index (χ0) is 27.0. The molecule has 0 saturated heterocycles. The molecule has 4 aromatic heterocycles. The molecule has 2 amide bonds. The molecule has 5 rings (SSSR count). The highest BCUT2D eigenvalue weighted by atomic mass is 16.5. The van der Waals surface area contributed by atoms with Gasteiger partial charge in [0.25, 0.3) is 0 Å². The summed E-state index contributed by atoms with van der Waals surface area (Å²) in [5.41, 5.74) is 2.06. The number of carbonyl (C=O) groups is 1. The minimum absolute atomic E-state index is 0.181. The van der Waals surface area contributed by atoms with Crippen molar-refractivity contribution in [2.24, 2.45) is 7.05 Å². The molecule has 0 atom stereocenters. The van der Waals surface area contributed by atoms with Gasteiger partial charge in [-0.3, -0.25) is 10.00 Å². The highest BCUT2D eigenvalue weighted by Crippen LogP contribution is 2.33. The highest BCUT2D eigenvalue weighted by Gasteiger charge is 2.29. The summed E-state index contributed by atoms with van der Waals surface area (Å²) in [7, 11) is 5.06. The second-order valence-corrected chi connectivity index (χ2v) is 9.78. The van der Waals surface area contributed by atoms with Gasteiger partial charge in [0, 0.05) is 50.6 Å². The number of aromatic nitrogens is 6. The number of imidazole rings is 1. The van der Waals surface area contributed by atoms with E-state index in [0.29, 0.717) is 54.3 Å². The Morgan fingerprint density at radius 2 is 2.08 bits per heavy atom. The number of nitriles is 1. The summed E-state index contributed by atoms with van der Waals surface area (Å²) >= 11 is 0. The van der Waals surface area contributed by atoms with Crippen LogP contribution in [-0.4, -0.2) is 67.5 Å². The van der Waals surface area contributed by atoms with Crippen LogP contribution in [0.3, 0.4) is 0 Å². The monoisotopic (exact) mass is 516 g/mol. The number of pyridine rings is 2. The lowest BCUT2D eigenvalue weighted by Crippen LogP contribution is -2.27. The number of hydrogen-bond donors (Lipinski definition) is 2. The van der Waals surface area contributed by atoms with Gasteiger partial charge in [0.15, 0.2) is 17.2 Å². The molecule has 5 heterocycles. The number of amides is 2. The van der Waals surface area contributed by atoms with Crippen LogP contribution in [0, 0.1) is 11.3 Å². The first kappa shape index (κ1) is 25.0. The number of aryl methyl sites for hydroxylation is 1. The first-order valence-electron chi connectivity index (χ1n) is 12.0. The van der Waals surface area contributed by atoms with Gasteiger partial charge in [0.05, 0.1) is 26.0 Å². The van der Waals surface area contributed by atoms with E-state index in [2.05, 4.69) is 45.5 Å². The van der Waals surface area contributed by atoms with Crippen molar-refractivity contribution in [2.75, 3.05) is 37.9 Å². The zero-order valence-corrected chi connectivity index (χ0v) is 21.8. The molecule has 0 fully saturated rings. The van der Waals surface area contributed by atoms with Crippen LogP contribution < -0.4 is 15.4 Å². The van der Waals surface area contributed by atoms with E-state index < -0.39 is 0 Å². The van der Waals surface area contributed by atoms with Gasteiger partial charge < -0.3 is 24.3 Å². The molecule has 0 bridgehead atoms. The Labute approximate surface area is 219 Å². The molecule has 1 aliphatic rings. The highest BCUT2D eigenvalue weighted by molar-refractivity contribution is 5.88. The van der Waals surface area contributed by atoms with Crippen LogP contribution in [0.15, 0.2) is 30.6 Å². The van der Waals surface area contributed by atoms with Crippen LogP contribution in [-0.2, 0) is 23.7 Å². The van der Waals surface area contributed by atoms with Crippen LogP contribution in [0.4, 0.5) is 22.4 Å². The topological polar surface area (TPSA) is 148 Å². The zero-order valence-electron chi connectivity index (χ0n) is 21.8. The molecular weight excluding hydrogens is 488 g/mol. The van der Waals surface area contributed by atoms with Crippen LogP contribution in [0.1, 0.15) is 25.1 Å². The summed E-state index contributed by atoms with van der Waals surface area (Å²) in [6, 6.07) is 7.09. The molecule has 4 aromatic rings. The van der Waals surface area contributed by atoms with Crippen molar-refractivity contribution in [2.45, 2.75) is 25.8 Å². The van der Waals surface area contributed by atoms with Crippen LogP contribution >= 0.6 is 0 Å². The molecular formula is C25H28N10O3. The maximum absolute atomic E-state index is 12.0. The fourth-order valence-electron chi connectivity index (χ4n) is 4.20. The predicted molar refractivity (Wildman–Crippen MR) is 140 cm³/mol. The molecule has 13 heteroatoms. The molecule has 0 aliphatic carbocycles. The number of fused-ring (bicyclic) bond motifs is 2. The Kier molecular flexibility index (Phi) is 6.33. The van der Waals surface area contributed by atoms with E-state index in [1.54, 1.807) is 37.8 Å². The molecule has 196 valence electrons. The van der Waals surface area contributed by atoms with Crippen molar-refractivity contribution in [1.82, 2.24) is 34.2 Å². The fourth-order valence-corrected chi connectivity index (χ4v) is 4.20. The maximum Gasteiger partial charge on any atom is 0.322 e. The largest absolute Gasteiger partial charge is 0.454 e. The molecule has 0 spiro atoms. The van der Waals surface area contributed by atoms with Crippen LogP contribution in [0.25, 0.3) is 11.2 Å². The van der Waals surface area contributed by atoms with Gasteiger partial charge in [-0.2, -0.15) is 15.3 Å². The lowest BCUT2D eigenvalue weighted by atomic mass is 9.90. The minimum Gasteiger partial charge on any atom is -0.454 e. The smallest absolute Gasteiger partial charge is 0.322 e. The van der Waals surface area contributed by atoms with E-state index >= 15 is 0 Å². The standard InChI is InChI=1S/C25H28N10O3/c1-25(2)14-37-9-8-35-18(25)11-20(32-35)29-23-31-22-21(34(23)5)16(12-26)17(13-28-22)38-15-6-7-27-19(10-15)30-24(36)33(3)4/h6-7,10-11,13H,8-9,14H2,1-5H3,(H,27,30,36)(H,28,29,31,32). The fraction of sp³-hybridized carbons (Fsp3) is 0.360. The third kappa shape index (κ3) is 4.69. The van der Waals surface area contributed by atoms with E-state index in [-0.39, 0.29) is 22.8 Å². The summed E-state index contributed by atoms with van der Waals surface area (Å²) in [6.45, 7) is 6.13. The quantitative estimate of drug-likeness (QED) is 0.407. The van der Waals surface area contributed by atoms with Gasteiger partial charge in [-0.25, -0.2) is 14.8 Å². The predicted octanol–water partition coefficient (Wildman–Crippen LogP) is 3.37. The number of urea groups is 1. The Hall–Kier alpha value is -4.70. The molecule has 0 aromatic carbocycles. The lowest BCUT2D eigenvalue weighted by Gasteiger charge is -2.21. The van der Waals surface area contributed by atoms with Gasteiger partial charge in [-0.15, -0.1) is 0 Å². The number of anilines is 3. The van der Waals surface area contributed by atoms with Crippen molar-refractivity contribution in [3.8, 4) is 17.6 Å². The number of nitrogens with zero attached hydrogens (tertiary/aromatic N) is 8. The van der Waals surface area contributed by atoms with Gasteiger partial charge in [0.1, 0.15) is 28.7 Å². The number of ether oxygens (including phenoxy) is 2. The summed E-state index contributed by atoms with van der Waals surface area (Å²) < 4.78 is 15.4. The summed E-state index contributed by atoms with van der Waals surface area (Å²) in [4.78, 5) is 26.5. The molecule has 1 aliphatic heterocycles. The lowest BCUT2D eigenvalue weighted by molar-refractivity contribution is 0.103. The minimum atomic E-state index is -0.323. The Morgan fingerprint density at radius 3 is 2.84 bits per heavy atom. The molecule has 0 radical (unpaired) electrons. The Bertz CT molecular complexity index is 1560. The number of rotatable bonds is 5. The van der Waals surface area contributed by atoms with Crippen molar-refractivity contribution in [3.05, 3.63) is 41.9 Å². The van der Waals surface area contributed by atoms with E-state index in [1.807, 2.05) is 10.7 Å². The van der Waals surface area contributed by atoms with Crippen LogP contribution in [0.5, 0.6) is 11.5 Å². The van der Waals surface area contributed by atoms with Gasteiger partial charge in [0.2, 0.25) is 5.95 Å². The van der Waals surface area contributed by atoms with E-state index in [9.17, 15) is 10.1 Å². The first-order valence-corrected chi connectivity index (χ1v) is 12.0. The number of nitrogens with one attached hydrogen (secondary N) is 2.